The van der Waals surface area contributed by atoms with E-state index in [0.29, 0.717) is 5.75 Å². The Morgan fingerprint density at radius 3 is 2.50 bits per heavy atom. The molecule has 2 nitrogen and oxygen atoms in total. The summed E-state index contributed by atoms with van der Waals surface area (Å²) >= 11 is 3.51. The summed E-state index contributed by atoms with van der Waals surface area (Å²) in [6.45, 7) is 9.69. The maximum absolute atomic E-state index is 10.1. The third kappa shape index (κ3) is 3.27. The van der Waals surface area contributed by atoms with E-state index >= 15 is 0 Å². The van der Waals surface area contributed by atoms with Crippen LogP contribution in [-0.2, 0) is 6.54 Å². The van der Waals surface area contributed by atoms with Crippen molar-refractivity contribution in [2.75, 3.05) is 13.1 Å². The topological polar surface area (TPSA) is 23.5 Å². The summed E-state index contributed by atoms with van der Waals surface area (Å²) in [5, 5.41) is 10.1. The number of phenols is 1. The molecular formula is C15H22BrNO. The summed E-state index contributed by atoms with van der Waals surface area (Å²) in [5.74, 6) is 1.96. The number of phenolic OH excluding ortho intramolecular Hbond substituents is 1. The number of halogens is 1. The monoisotopic (exact) mass is 311 g/mol. The second kappa shape index (κ2) is 5.62. The molecule has 0 spiro atoms. The quantitative estimate of drug-likeness (QED) is 0.894. The summed E-state index contributed by atoms with van der Waals surface area (Å²) in [5.41, 5.74) is 1.97. The SMILES string of the molecule is Cc1cc(Br)cc(CN2CC(C)CC(C)C2)c1O. The molecule has 100 valence electrons. The second-order valence-electron chi connectivity index (χ2n) is 5.87. The highest BCUT2D eigenvalue weighted by molar-refractivity contribution is 9.10. The van der Waals surface area contributed by atoms with Crippen LogP contribution in [0.15, 0.2) is 16.6 Å². The number of hydrogen-bond acceptors (Lipinski definition) is 2. The van der Waals surface area contributed by atoms with Gasteiger partial charge in [0, 0.05) is 29.7 Å². The van der Waals surface area contributed by atoms with Gasteiger partial charge in [-0.15, -0.1) is 0 Å². The molecule has 1 saturated heterocycles. The van der Waals surface area contributed by atoms with Crippen molar-refractivity contribution in [1.29, 1.82) is 0 Å². The van der Waals surface area contributed by atoms with Crippen LogP contribution >= 0.6 is 15.9 Å². The highest BCUT2D eigenvalue weighted by Crippen LogP contribution is 2.29. The zero-order chi connectivity index (χ0) is 13.3. The third-order valence-corrected chi connectivity index (χ3v) is 4.14. The Balaban J connectivity index is 2.14. The minimum atomic E-state index is 0.448. The van der Waals surface area contributed by atoms with Gasteiger partial charge in [-0.3, -0.25) is 4.90 Å². The first-order chi connectivity index (χ1) is 8.45. The van der Waals surface area contributed by atoms with Gasteiger partial charge in [0.15, 0.2) is 0 Å². The van der Waals surface area contributed by atoms with Gasteiger partial charge in [-0.2, -0.15) is 0 Å². The molecule has 2 atom stereocenters. The lowest BCUT2D eigenvalue weighted by Crippen LogP contribution is -2.38. The van der Waals surface area contributed by atoms with Crippen LogP contribution in [0.3, 0.4) is 0 Å². The number of likely N-dealkylation sites (tertiary alicyclic amines) is 1. The van der Waals surface area contributed by atoms with Crippen LogP contribution in [0.2, 0.25) is 0 Å². The standard InChI is InChI=1S/C15H22BrNO/c1-10-4-11(2)8-17(7-10)9-13-6-14(16)5-12(3)15(13)18/h5-6,10-11,18H,4,7-9H2,1-3H3. The van der Waals surface area contributed by atoms with Crippen LogP contribution < -0.4 is 0 Å². The highest BCUT2D eigenvalue weighted by Gasteiger charge is 2.22. The van der Waals surface area contributed by atoms with Crippen molar-refractivity contribution < 1.29 is 5.11 Å². The van der Waals surface area contributed by atoms with E-state index in [1.165, 1.54) is 6.42 Å². The molecule has 1 aromatic carbocycles. The predicted octanol–water partition coefficient (Wildman–Crippen LogP) is 3.94. The average Bonchev–Trinajstić information content (AvgIpc) is 2.23. The fraction of sp³-hybridized carbons (Fsp3) is 0.600. The summed E-state index contributed by atoms with van der Waals surface area (Å²) in [4.78, 5) is 2.46. The lowest BCUT2D eigenvalue weighted by atomic mass is 9.91. The van der Waals surface area contributed by atoms with E-state index in [0.717, 1.165) is 47.1 Å². The Labute approximate surface area is 118 Å². The minimum Gasteiger partial charge on any atom is -0.507 e. The molecule has 1 heterocycles. The van der Waals surface area contributed by atoms with Gasteiger partial charge in [0.05, 0.1) is 0 Å². The van der Waals surface area contributed by atoms with E-state index in [9.17, 15) is 5.11 Å². The molecule has 0 aliphatic carbocycles. The summed E-state index contributed by atoms with van der Waals surface area (Å²) in [6.07, 6.45) is 1.32. The molecule has 1 N–H and O–H groups in total. The lowest BCUT2D eigenvalue weighted by molar-refractivity contribution is 0.133. The molecule has 1 fully saturated rings. The molecule has 3 heteroatoms. The smallest absolute Gasteiger partial charge is 0.123 e. The highest BCUT2D eigenvalue weighted by atomic mass is 79.9. The van der Waals surface area contributed by atoms with Gasteiger partial charge < -0.3 is 5.11 Å². The summed E-state index contributed by atoms with van der Waals surface area (Å²) < 4.78 is 1.05. The van der Waals surface area contributed by atoms with E-state index in [2.05, 4.69) is 34.7 Å². The van der Waals surface area contributed by atoms with Crippen molar-refractivity contribution >= 4 is 15.9 Å². The predicted molar refractivity (Wildman–Crippen MR) is 78.8 cm³/mol. The maximum Gasteiger partial charge on any atom is 0.123 e. The molecule has 1 aromatic rings. The van der Waals surface area contributed by atoms with Gasteiger partial charge >= 0.3 is 0 Å². The Morgan fingerprint density at radius 2 is 1.89 bits per heavy atom. The molecule has 2 unspecified atom stereocenters. The van der Waals surface area contributed by atoms with E-state index in [-0.39, 0.29) is 0 Å². The fourth-order valence-electron chi connectivity index (χ4n) is 3.09. The van der Waals surface area contributed by atoms with Gasteiger partial charge in [-0.25, -0.2) is 0 Å². The first kappa shape index (κ1) is 13.9. The molecule has 0 saturated carbocycles. The zero-order valence-corrected chi connectivity index (χ0v) is 13.0. The molecule has 18 heavy (non-hydrogen) atoms. The lowest BCUT2D eigenvalue weighted by Gasteiger charge is -2.35. The van der Waals surface area contributed by atoms with E-state index in [4.69, 9.17) is 0 Å². The molecule has 0 radical (unpaired) electrons. The average molecular weight is 312 g/mol. The molecule has 1 aliphatic rings. The van der Waals surface area contributed by atoms with Gasteiger partial charge in [-0.05, 0) is 42.9 Å². The molecule has 0 aromatic heterocycles. The zero-order valence-electron chi connectivity index (χ0n) is 11.4. The van der Waals surface area contributed by atoms with E-state index in [1.54, 1.807) is 0 Å². The number of aryl methyl sites for hydroxylation is 1. The van der Waals surface area contributed by atoms with E-state index in [1.807, 2.05) is 19.1 Å². The Bertz CT molecular complexity index is 423. The van der Waals surface area contributed by atoms with Crippen LogP contribution in [0, 0.1) is 18.8 Å². The van der Waals surface area contributed by atoms with Crippen LogP contribution in [0.1, 0.15) is 31.4 Å². The van der Waals surface area contributed by atoms with Crippen molar-refractivity contribution in [3.63, 3.8) is 0 Å². The van der Waals surface area contributed by atoms with Gasteiger partial charge in [0.1, 0.15) is 5.75 Å². The molecule has 2 rings (SSSR count). The first-order valence-electron chi connectivity index (χ1n) is 6.66. The van der Waals surface area contributed by atoms with Crippen LogP contribution in [0.5, 0.6) is 5.75 Å². The molecule has 0 bridgehead atoms. The number of benzene rings is 1. The minimum absolute atomic E-state index is 0.448. The number of nitrogens with zero attached hydrogens (tertiary/aromatic N) is 1. The van der Waals surface area contributed by atoms with Crippen LogP contribution in [0.4, 0.5) is 0 Å². The van der Waals surface area contributed by atoms with Gasteiger partial charge in [0.25, 0.3) is 0 Å². The Kier molecular flexibility index (Phi) is 4.33. The summed E-state index contributed by atoms with van der Waals surface area (Å²) in [6, 6.07) is 3.99. The number of hydrogen-bond donors (Lipinski definition) is 1. The Morgan fingerprint density at radius 1 is 1.28 bits per heavy atom. The Hall–Kier alpha value is -0.540. The fourth-order valence-corrected chi connectivity index (χ4v) is 3.71. The van der Waals surface area contributed by atoms with E-state index < -0.39 is 0 Å². The van der Waals surface area contributed by atoms with Crippen LogP contribution in [0.25, 0.3) is 0 Å². The number of rotatable bonds is 2. The summed E-state index contributed by atoms with van der Waals surface area (Å²) in [7, 11) is 0. The molecule has 1 aliphatic heterocycles. The normalized spacial score (nSPS) is 25.3. The third-order valence-electron chi connectivity index (χ3n) is 3.68. The van der Waals surface area contributed by atoms with Gasteiger partial charge in [0.2, 0.25) is 0 Å². The first-order valence-corrected chi connectivity index (χ1v) is 7.45. The molecular weight excluding hydrogens is 290 g/mol. The largest absolute Gasteiger partial charge is 0.507 e. The second-order valence-corrected chi connectivity index (χ2v) is 6.79. The maximum atomic E-state index is 10.1. The molecule has 0 amide bonds. The van der Waals surface area contributed by atoms with Crippen molar-refractivity contribution in [2.45, 2.75) is 33.7 Å². The van der Waals surface area contributed by atoms with Crippen molar-refractivity contribution in [3.8, 4) is 5.75 Å². The van der Waals surface area contributed by atoms with Crippen molar-refractivity contribution in [2.24, 2.45) is 11.8 Å². The van der Waals surface area contributed by atoms with Gasteiger partial charge in [-0.1, -0.05) is 29.8 Å². The van der Waals surface area contributed by atoms with Crippen molar-refractivity contribution in [1.82, 2.24) is 4.90 Å². The van der Waals surface area contributed by atoms with Crippen LogP contribution in [-0.4, -0.2) is 23.1 Å². The number of aromatic hydroxyl groups is 1. The van der Waals surface area contributed by atoms with Crippen molar-refractivity contribution in [3.05, 3.63) is 27.7 Å². The number of piperidine rings is 1.